The molecule has 0 saturated carbocycles. The van der Waals surface area contributed by atoms with Crippen molar-refractivity contribution in [1.82, 2.24) is 0 Å². The summed E-state index contributed by atoms with van der Waals surface area (Å²) in [5.41, 5.74) is 0.589. The summed E-state index contributed by atoms with van der Waals surface area (Å²) in [5, 5.41) is 15.2. The molecule has 0 unspecified atom stereocenters. The van der Waals surface area contributed by atoms with E-state index in [4.69, 9.17) is 4.74 Å². The van der Waals surface area contributed by atoms with Gasteiger partial charge in [0.05, 0.1) is 6.42 Å². The molecule has 1 aliphatic rings. The van der Waals surface area contributed by atoms with E-state index in [1.54, 1.807) is 0 Å². The Morgan fingerprint density at radius 2 is 1.50 bits per heavy atom. The van der Waals surface area contributed by atoms with Crippen molar-refractivity contribution >= 4 is 5.97 Å². The number of rotatable bonds is 5. The molecule has 0 saturated heterocycles. The molecule has 0 N–H and O–H groups in total. The van der Waals surface area contributed by atoms with Crippen molar-refractivity contribution in [2.75, 3.05) is 0 Å². The van der Waals surface area contributed by atoms with E-state index in [2.05, 4.69) is 20.7 Å². The number of carbonyl (C=O) groups excluding carboxylic acids is 1. The normalized spacial score (nSPS) is 14.9. The predicted octanol–water partition coefficient (Wildman–Crippen LogP) is 3.81. The van der Waals surface area contributed by atoms with Crippen LogP contribution in [0.5, 0.6) is 0 Å². The molecule has 1 aliphatic heterocycles. The summed E-state index contributed by atoms with van der Waals surface area (Å²) < 4.78 is 5.29. The minimum atomic E-state index is -1.10. The molecule has 2 aromatic rings. The van der Waals surface area contributed by atoms with Crippen LogP contribution >= 0.6 is 0 Å². The lowest BCUT2D eigenvalue weighted by atomic mass is 9.98. The molecule has 6 nitrogen and oxygen atoms in total. The fourth-order valence-corrected chi connectivity index (χ4v) is 2.19. The minimum Gasteiger partial charge on any atom is -0.461 e. The largest absolute Gasteiger partial charge is 0.461 e. The van der Waals surface area contributed by atoms with Crippen molar-refractivity contribution in [1.29, 1.82) is 0 Å². The van der Waals surface area contributed by atoms with E-state index < -0.39 is 11.6 Å². The Balaban J connectivity index is 1.69. The maximum Gasteiger partial charge on any atom is 0.311 e. The summed E-state index contributed by atoms with van der Waals surface area (Å²) in [4.78, 5) is 12.1. The van der Waals surface area contributed by atoms with Crippen LogP contribution in [0.15, 0.2) is 81.3 Å². The molecular formula is C16H14N4O2. The highest BCUT2D eigenvalue weighted by Gasteiger charge is 2.38. The highest BCUT2D eigenvalue weighted by molar-refractivity contribution is 5.71. The van der Waals surface area contributed by atoms with Gasteiger partial charge in [-0.25, -0.2) is 0 Å². The second-order valence-electron chi connectivity index (χ2n) is 4.88. The van der Waals surface area contributed by atoms with Crippen LogP contribution in [0, 0.1) is 0 Å². The predicted molar refractivity (Wildman–Crippen MR) is 78.7 cm³/mol. The first-order chi connectivity index (χ1) is 10.8. The molecule has 0 spiro atoms. The summed E-state index contributed by atoms with van der Waals surface area (Å²) in [6.07, 6.45) is -0.0309. The maximum atomic E-state index is 12.1. The summed E-state index contributed by atoms with van der Waals surface area (Å²) in [6, 6.07) is 18.8. The summed E-state index contributed by atoms with van der Waals surface area (Å²) in [5.74, 6) is -0.396. The average molecular weight is 294 g/mol. The van der Waals surface area contributed by atoms with Gasteiger partial charge in [-0.2, -0.15) is 0 Å². The third kappa shape index (κ3) is 3.06. The third-order valence-electron chi connectivity index (χ3n) is 3.33. The molecule has 0 aliphatic carbocycles. The Morgan fingerprint density at radius 1 is 0.909 bits per heavy atom. The Bertz CT molecular complexity index is 687. The van der Waals surface area contributed by atoms with Crippen molar-refractivity contribution in [2.24, 2.45) is 20.7 Å². The van der Waals surface area contributed by atoms with Crippen LogP contribution in [0.3, 0.4) is 0 Å². The van der Waals surface area contributed by atoms with E-state index in [1.165, 1.54) is 0 Å². The van der Waals surface area contributed by atoms with Gasteiger partial charge < -0.3 is 4.74 Å². The van der Waals surface area contributed by atoms with Gasteiger partial charge in [-0.05, 0) is 16.0 Å². The molecule has 0 atom stereocenters. The molecule has 0 bridgehead atoms. The SMILES string of the molecule is O=C(CC1(c2ccccc2)N=NN=N1)OCc1ccccc1. The topological polar surface area (TPSA) is 75.7 Å². The van der Waals surface area contributed by atoms with Crippen molar-refractivity contribution in [3.8, 4) is 0 Å². The van der Waals surface area contributed by atoms with Crippen molar-refractivity contribution in [2.45, 2.75) is 18.7 Å². The van der Waals surface area contributed by atoms with Gasteiger partial charge in [0.2, 0.25) is 5.66 Å². The van der Waals surface area contributed by atoms with Gasteiger partial charge in [-0.3, -0.25) is 4.79 Å². The fourth-order valence-electron chi connectivity index (χ4n) is 2.19. The van der Waals surface area contributed by atoms with E-state index >= 15 is 0 Å². The van der Waals surface area contributed by atoms with Crippen LogP contribution in [0.4, 0.5) is 0 Å². The molecule has 1 heterocycles. The highest BCUT2D eigenvalue weighted by atomic mass is 16.5. The molecule has 22 heavy (non-hydrogen) atoms. The van der Waals surface area contributed by atoms with Gasteiger partial charge in [0, 0.05) is 5.56 Å². The number of nitrogens with zero attached hydrogens (tertiary/aromatic N) is 4. The number of ether oxygens (including phenoxy) is 1. The van der Waals surface area contributed by atoms with E-state index in [9.17, 15) is 4.79 Å². The standard InChI is InChI=1S/C16H14N4O2/c21-15(22-12-13-7-3-1-4-8-13)11-16(17-19-20-18-16)14-9-5-2-6-10-14/h1-10H,11-12H2. The number of hydrogen-bond donors (Lipinski definition) is 0. The molecular weight excluding hydrogens is 280 g/mol. The lowest BCUT2D eigenvalue weighted by Gasteiger charge is -2.19. The lowest BCUT2D eigenvalue weighted by molar-refractivity contribution is -0.146. The van der Waals surface area contributed by atoms with Gasteiger partial charge in [-0.15, -0.1) is 10.2 Å². The Morgan fingerprint density at radius 3 is 2.14 bits per heavy atom. The number of hydrogen-bond acceptors (Lipinski definition) is 6. The fraction of sp³-hybridized carbons (Fsp3) is 0.188. The zero-order chi connectivity index (χ0) is 15.3. The Labute approximate surface area is 127 Å². The van der Waals surface area contributed by atoms with Gasteiger partial charge in [-0.1, -0.05) is 60.7 Å². The second kappa shape index (κ2) is 6.26. The molecule has 0 aromatic heterocycles. The van der Waals surface area contributed by atoms with Gasteiger partial charge in [0.15, 0.2) is 0 Å². The third-order valence-corrected chi connectivity index (χ3v) is 3.33. The lowest BCUT2D eigenvalue weighted by Crippen LogP contribution is -2.24. The second-order valence-corrected chi connectivity index (χ2v) is 4.88. The first-order valence-electron chi connectivity index (χ1n) is 6.88. The van der Waals surface area contributed by atoms with E-state index in [-0.39, 0.29) is 13.0 Å². The molecule has 0 amide bonds. The Hall–Kier alpha value is -2.89. The first kappa shape index (κ1) is 14.1. The van der Waals surface area contributed by atoms with Crippen LogP contribution < -0.4 is 0 Å². The van der Waals surface area contributed by atoms with Crippen LogP contribution in [0.1, 0.15) is 17.5 Å². The van der Waals surface area contributed by atoms with E-state index in [0.717, 1.165) is 11.1 Å². The van der Waals surface area contributed by atoms with Crippen molar-refractivity contribution < 1.29 is 9.53 Å². The number of carbonyl (C=O) groups is 1. The smallest absolute Gasteiger partial charge is 0.311 e. The maximum absolute atomic E-state index is 12.1. The zero-order valence-electron chi connectivity index (χ0n) is 11.8. The van der Waals surface area contributed by atoms with Crippen LogP contribution in [-0.4, -0.2) is 5.97 Å². The summed E-state index contributed by atoms with van der Waals surface area (Å²) in [7, 11) is 0. The van der Waals surface area contributed by atoms with Gasteiger partial charge in [0.25, 0.3) is 0 Å². The molecule has 0 radical (unpaired) electrons. The summed E-state index contributed by atoms with van der Waals surface area (Å²) in [6.45, 7) is 0.221. The minimum absolute atomic E-state index is 0.0309. The van der Waals surface area contributed by atoms with Gasteiger partial charge >= 0.3 is 5.97 Å². The molecule has 3 rings (SSSR count). The average Bonchev–Trinajstić information content (AvgIpc) is 3.04. The Kier molecular flexibility index (Phi) is 4.00. The van der Waals surface area contributed by atoms with Crippen LogP contribution in [-0.2, 0) is 21.8 Å². The summed E-state index contributed by atoms with van der Waals surface area (Å²) >= 11 is 0. The van der Waals surface area contributed by atoms with Gasteiger partial charge in [0.1, 0.15) is 6.61 Å². The molecule has 6 heteroatoms. The number of esters is 1. The van der Waals surface area contributed by atoms with Crippen LogP contribution in [0.2, 0.25) is 0 Å². The first-order valence-corrected chi connectivity index (χ1v) is 6.88. The quantitative estimate of drug-likeness (QED) is 0.786. The van der Waals surface area contributed by atoms with Crippen LogP contribution in [0.25, 0.3) is 0 Å². The number of benzene rings is 2. The van der Waals surface area contributed by atoms with Crippen molar-refractivity contribution in [3.05, 3.63) is 71.8 Å². The van der Waals surface area contributed by atoms with E-state index in [1.807, 2.05) is 60.7 Å². The molecule has 0 fully saturated rings. The van der Waals surface area contributed by atoms with Crippen molar-refractivity contribution in [3.63, 3.8) is 0 Å². The monoisotopic (exact) mass is 294 g/mol. The van der Waals surface area contributed by atoms with E-state index in [0.29, 0.717) is 0 Å². The molecule has 110 valence electrons. The zero-order valence-corrected chi connectivity index (χ0v) is 11.8. The molecule has 2 aromatic carbocycles. The highest BCUT2D eigenvalue weighted by Crippen LogP contribution is 2.35.